The van der Waals surface area contributed by atoms with Gasteiger partial charge in [-0.25, -0.2) is 0 Å². The van der Waals surface area contributed by atoms with Crippen molar-refractivity contribution in [1.29, 1.82) is 0 Å². The number of nitrogens with one attached hydrogen (secondary N) is 1. The summed E-state index contributed by atoms with van der Waals surface area (Å²) in [7, 11) is 1.65. The lowest BCUT2D eigenvalue weighted by Crippen LogP contribution is -2.24. The van der Waals surface area contributed by atoms with Crippen molar-refractivity contribution in [3.8, 4) is 5.75 Å². The molecule has 0 amide bonds. The fourth-order valence-electron chi connectivity index (χ4n) is 1.74. The summed E-state index contributed by atoms with van der Waals surface area (Å²) in [6.07, 6.45) is 1.11. The van der Waals surface area contributed by atoms with Crippen LogP contribution in [0.2, 0.25) is 5.02 Å². The lowest BCUT2D eigenvalue weighted by atomic mass is 9.97. The zero-order valence-electron chi connectivity index (χ0n) is 11.1. The first-order valence-electron chi connectivity index (χ1n) is 6.11. The average Bonchev–Trinajstić information content (AvgIpc) is 2.29. The zero-order chi connectivity index (χ0) is 12.8. The van der Waals surface area contributed by atoms with E-state index in [9.17, 15) is 0 Å². The Morgan fingerprint density at radius 3 is 2.59 bits per heavy atom. The van der Waals surface area contributed by atoms with Crippen LogP contribution in [0.1, 0.15) is 38.7 Å². The molecule has 0 saturated carbocycles. The number of hydrogen-bond acceptors (Lipinski definition) is 2. The van der Waals surface area contributed by atoms with E-state index in [2.05, 4.69) is 32.2 Å². The van der Waals surface area contributed by atoms with E-state index in [1.54, 1.807) is 7.11 Å². The third-order valence-corrected chi connectivity index (χ3v) is 3.19. The molecule has 0 bridgehead atoms. The molecule has 1 rings (SSSR count). The molecule has 0 aliphatic rings. The van der Waals surface area contributed by atoms with Crippen molar-refractivity contribution in [1.82, 2.24) is 5.32 Å². The maximum atomic E-state index is 6.01. The number of ether oxygens (including phenoxy) is 1. The van der Waals surface area contributed by atoms with Gasteiger partial charge in [-0.3, -0.25) is 0 Å². The molecule has 1 aromatic rings. The second-order valence-electron chi connectivity index (χ2n) is 4.69. The van der Waals surface area contributed by atoms with Gasteiger partial charge in [0.1, 0.15) is 5.75 Å². The normalized spacial score (nSPS) is 12.8. The van der Waals surface area contributed by atoms with Crippen molar-refractivity contribution in [3.63, 3.8) is 0 Å². The molecule has 0 radical (unpaired) electrons. The van der Waals surface area contributed by atoms with Gasteiger partial charge < -0.3 is 10.1 Å². The average molecular weight is 256 g/mol. The number of methoxy groups -OCH3 is 1. The quantitative estimate of drug-likeness (QED) is 0.834. The second kappa shape index (κ2) is 6.87. The van der Waals surface area contributed by atoms with Crippen LogP contribution in [0.15, 0.2) is 18.2 Å². The SMILES string of the molecule is COc1cc(C(C)CCNC(C)C)ccc1Cl. The minimum atomic E-state index is 0.507. The Bertz CT molecular complexity index is 352. The first kappa shape index (κ1) is 14.3. The summed E-state index contributed by atoms with van der Waals surface area (Å²) in [6, 6.07) is 6.55. The minimum absolute atomic E-state index is 0.507. The molecule has 0 aromatic heterocycles. The lowest BCUT2D eigenvalue weighted by molar-refractivity contribution is 0.414. The molecular formula is C14H22ClNO. The van der Waals surface area contributed by atoms with Crippen LogP contribution in [0.5, 0.6) is 5.75 Å². The van der Waals surface area contributed by atoms with Crippen LogP contribution >= 0.6 is 11.6 Å². The van der Waals surface area contributed by atoms with Gasteiger partial charge in [-0.1, -0.05) is 38.4 Å². The summed E-state index contributed by atoms with van der Waals surface area (Å²) in [4.78, 5) is 0. The van der Waals surface area contributed by atoms with E-state index >= 15 is 0 Å². The van der Waals surface area contributed by atoms with Crippen LogP contribution in [-0.2, 0) is 0 Å². The number of hydrogen-bond donors (Lipinski definition) is 1. The van der Waals surface area contributed by atoms with Crippen LogP contribution < -0.4 is 10.1 Å². The summed E-state index contributed by atoms with van der Waals surface area (Å²) in [6.45, 7) is 7.58. The van der Waals surface area contributed by atoms with Gasteiger partial charge in [0.2, 0.25) is 0 Å². The molecule has 0 heterocycles. The third kappa shape index (κ3) is 4.57. The summed E-state index contributed by atoms with van der Waals surface area (Å²) in [5.74, 6) is 1.26. The van der Waals surface area contributed by atoms with Crippen molar-refractivity contribution in [2.75, 3.05) is 13.7 Å². The number of halogens is 1. The fourth-order valence-corrected chi connectivity index (χ4v) is 1.93. The van der Waals surface area contributed by atoms with E-state index in [1.165, 1.54) is 5.56 Å². The van der Waals surface area contributed by atoms with Crippen molar-refractivity contribution in [2.24, 2.45) is 0 Å². The Balaban J connectivity index is 2.59. The van der Waals surface area contributed by atoms with Crippen LogP contribution in [-0.4, -0.2) is 19.7 Å². The van der Waals surface area contributed by atoms with Gasteiger partial charge in [-0.2, -0.15) is 0 Å². The Labute approximate surface area is 109 Å². The molecular weight excluding hydrogens is 234 g/mol. The van der Waals surface area contributed by atoms with E-state index < -0.39 is 0 Å². The van der Waals surface area contributed by atoms with Crippen LogP contribution in [0.4, 0.5) is 0 Å². The van der Waals surface area contributed by atoms with E-state index in [-0.39, 0.29) is 0 Å². The monoisotopic (exact) mass is 255 g/mol. The fraction of sp³-hybridized carbons (Fsp3) is 0.571. The van der Waals surface area contributed by atoms with Crippen molar-refractivity contribution < 1.29 is 4.74 Å². The maximum Gasteiger partial charge on any atom is 0.137 e. The van der Waals surface area contributed by atoms with Gasteiger partial charge in [0, 0.05) is 6.04 Å². The maximum absolute atomic E-state index is 6.01. The minimum Gasteiger partial charge on any atom is -0.495 e. The van der Waals surface area contributed by atoms with E-state index in [0.717, 1.165) is 18.7 Å². The highest BCUT2D eigenvalue weighted by atomic mass is 35.5. The molecule has 1 aromatic carbocycles. The molecule has 1 atom stereocenters. The topological polar surface area (TPSA) is 21.3 Å². The van der Waals surface area contributed by atoms with Crippen LogP contribution in [0, 0.1) is 0 Å². The predicted octanol–water partition coefficient (Wildman–Crippen LogP) is 3.84. The van der Waals surface area contributed by atoms with Crippen molar-refractivity contribution >= 4 is 11.6 Å². The summed E-state index contributed by atoms with van der Waals surface area (Å²) >= 11 is 6.01. The Morgan fingerprint density at radius 1 is 1.29 bits per heavy atom. The van der Waals surface area contributed by atoms with Gasteiger partial charge in [-0.15, -0.1) is 0 Å². The smallest absolute Gasteiger partial charge is 0.137 e. The molecule has 1 N–H and O–H groups in total. The van der Waals surface area contributed by atoms with E-state index in [1.807, 2.05) is 12.1 Å². The van der Waals surface area contributed by atoms with Gasteiger partial charge in [0.05, 0.1) is 12.1 Å². The van der Waals surface area contributed by atoms with Crippen LogP contribution in [0.3, 0.4) is 0 Å². The molecule has 1 unspecified atom stereocenters. The molecule has 96 valence electrons. The molecule has 0 fully saturated rings. The molecule has 3 heteroatoms. The van der Waals surface area contributed by atoms with Gasteiger partial charge in [0.15, 0.2) is 0 Å². The first-order valence-corrected chi connectivity index (χ1v) is 6.49. The molecule has 0 aliphatic carbocycles. The van der Waals surface area contributed by atoms with Crippen molar-refractivity contribution in [2.45, 2.75) is 39.2 Å². The van der Waals surface area contributed by atoms with Gasteiger partial charge in [0.25, 0.3) is 0 Å². The molecule has 17 heavy (non-hydrogen) atoms. The molecule has 0 aliphatic heterocycles. The highest BCUT2D eigenvalue weighted by Gasteiger charge is 2.08. The number of benzene rings is 1. The predicted molar refractivity (Wildman–Crippen MR) is 74.2 cm³/mol. The third-order valence-electron chi connectivity index (χ3n) is 2.87. The largest absolute Gasteiger partial charge is 0.495 e. The molecule has 0 spiro atoms. The highest BCUT2D eigenvalue weighted by Crippen LogP contribution is 2.29. The molecule has 0 saturated heterocycles. The Kier molecular flexibility index (Phi) is 5.79. The summed E-state index contributed by atoms with van der Waals surface area (Å²) in [5, 5.41) is 4.10. The molecule has 2 nitrogen and oxygen atoms in total. The summed E-state index contributed by atoms with van der Waals surface area (Å²) < 4.78 is 5.23. The first-order chi connectivity index (χ1) is 8.04. The van der Waals surface area contributed by atoms with Crippen molar-refractivity contribution in [3.05, 3.63) is 28.8 Å². The summed E-state index contributed by atoms with van der Waals surface area (Å²) in [5.41, 5.74) is 1.27. The van der Waals surface area contributed by atoms with E-state index in [0.29, 0.717) is 17.0 Å². The second-order valence-corrected chi connectivity index (χ2v) is 5.10. The number of rotatable bonds is 6. The Morgan fingerprint density at radius 2 is 2.00 bits per heavy atom. The van der Waals surface area contributed by atoms with Crippen LogP contribution in [0.25, 0.3) is 0 Å². The highest BCUT2D eigenvalue weighted by molar-refractivity contribution is 6.32. The lowest BCUT2D eigenvalue weighted by Gasteiger charge is -2.15. The zero-order valence-corrected chi connectivity index (χ0v) is 11.8. The Hall–Kier alpha value is -0.730. The standard InChI is InChI=1S/C14H22ClNO/c1-10(2)16-8-7-11(3)12-5-6-13(15)14(9-12)17-4/h5-6,9-11,16H,7-8H2,1-4H3. The van der Waals surface area contributed by atoms with E-state index in [4.69, 9.17) is 16.3 Å². The van der Waals surface area contributed by atoms with Gasteiger partial charge >= 0.3 is 0 Å². The van der Waals surface area contributed by atoms with Gasteiger partial charge in [-0.05, 0) is 36.6 Å².